The number of methoxy groups -OCH3 is 1. The minimum Gasteiger partial charge on any atom is -0.497 e. The van der Waals surface area contributed by atoms with Crippen molar-refractivity contribution in [3.63, 3.8) is 0 Å². The van der Waals surface area contributed by atoms with Crippen LogP contribution in [0.1, 0.15) is 6.92 Å². The normalized spacial score (nSPS) is 10.7. The molecule has 0 spiro atoms. The van der Waals surface area contributed by atoms with Crippen LogP contribution in [0.3, 0.4) is 0 Å². The molecular formula is C20H19N5O2. The molecule has 0 aliphatic carbocycles. The highest BCUT2D eigenvalue weighted by atomic mass is 16.5. The lowest BCUT2D eigenvalue weighted by Crippen LogP contribution is -1.99. The lowest BCUT2D eigenvalue weighted by molar-refractivity contribution is 0.340. The molecule has 4 rings (SSSR count). The standard InChI is InChI=1S/C20H19N5O2/c1-3-27-17-8-4-14(5-9-17)24-19-18-12-23-25(20(18)22-13-21-19)15-6-10-16(26-2)11-7-15/h4-13H,3H2,1-2H3,(H,21,22,24). The third-order valence-corrected chi connectivity index (χ3v) is 4.11. The lowest BCUT2D eigenvalue weighted by atomic mass is 10.3. The number of nitrogens with one attached hydrogen (secondary N) is 1. The summed E-state index contributed by atoms with van der Waals surface area (Å²) < 4.78 is 12.5. The topological polar surface area (TPSA) is 74.1 Å². The van der Waals surface area contributed by atoms with Crippen LogP contribution in [0, 0.1) is 0 Å². The van der Waals surface area contributed by atoms with Crippen LogP contribution in [0.25, 0.3) is 16.7 Å². The van der Waals surface area contributed by atoms with E-state index in [-0.39, 0.29) is 0 Å². The van der Waals surface area contributed by atoms with Crippen molar-refractivity contribution in [1.82, 2.24) is 19.7 Å². The van der Waals surface area contributed by atoms with Gasteiger partial charge < -0.3 is 14.8 Å². The number of benzene rings is 2. The fourth-order valence-corrected chi connectivity index (χ4v) is 2.79. The van der Waals surface area contributed by atoms with E-state index in [0.29, 0.717) is 12.4 Å². The van der Waals surface area contributed by atoms with Gasteiger partial charge in [0.15, 0.2) is 5.65 Å². The summed E-state index contributed by atoms with van der Waals surface area (Å²) in [7, 11) is 1.64. The Kier molecular flexibility index (Phi) is 4.57. The Hall–Kier alpha value is -3.61. The van der Waals surface area contributed by atoms with E-state index in [4.69, 9.17) is 9.47 Å². The fraction of sp³-hybridized carbons (Fsp3) is 0.150. The third-order valence-electron chi connectivity index (χ3n) is 4.11. The van der Waals surface area contributed by atoms with E-state index in [1.807, 2.05) is 55.5 Å². The van der Waals surface area contributed by atoms with E-state index in [9.17, 15) is 0 Å². The molecule has 2 heterocycles. The second-order valence-corrected chi connectivity index (χ2v) is 5.80. The van der Waals surface area contributed by atoms with Gasteiger partial charge in [-0.3, -0.25) is 0 Å². The summed E-state index contributed by atoms with van der Waals surface area (Å²) >= 11 is 0. The Bertz CT molecular complexity index is 1040. The Balaban J connectivity index is 1.65. The number of anilines is 2. The number of fused-ring (bicyclic) bond motifs is 1. The van der Waals surface area contributed by atoms with Crippen LogP contribution in [-0.2, 0) is 0 Å². The maximum atomic E-state index is 5.47. The first-order valence-electron chi connectivity index (χ1n) is 8.61. The average molecular weight is 361 g/mol. The van der Waals surface area contributed by atoms with Crippen LogP contribution in [0.4, 0.5) is 11.5 Å². The molecule has 7 nitrogen and oxygen atoms in total. The third kappa shape index (κ3) is 3.39. The second-order valence-electron chi connectivity index (χ2n) is 5.80. The fourth-order valence-electron chi connectivity index (χ4n) is 2.79. The lowest BCUT2D eigenvalue weighted by Gasteiger charge is -2.08. The summed E-state index contributed by atoms with van der Waals surface area (Å²) in [4.78, 5) is 8.77. The van der Waals surface area contributed by atoms with Crippen molar-refractivity contribution in [3.8, 4) is 17.2 Å². The molecule has 0 aliphatic heterocycles. The molecule has 0 unspecified atom stereocenters. The first-order valence-corrected chi connectivity index (χ1v) is 8.61. The van der Waals surface area contributed by atoms with Crippen molar-refractivity contribution in [1.29, 1.82) is 0 Å². The Morgan fingerprint density at radius 1 is 0.963 bits per heavy atom. The van der Waals surface area contributed by atoms with Gasteiger partial charge in [-0.15, -0.1) is 0 Å². The van der Waals surface area contributed by atoms with Crippen LogP contribution in [0.15, 0.2) is 61.1 Å². The molecule has 0 bridgehead atoms. The molecule has 0 aliphatic rings. The molecule has 4 aromatic rings. The van der Waals surface area contributed by atoms with E-state index in [0.717, 1.165) is 33.9 Å². The summed E-state index contributed by atoms with van der Waals surface area (Å²) in [6, 6.07) is 15.4. The molecule has 0 amide bonds. The largest absolute Gasteiger partial charge is 0.497 e. The van der Waals surface area contributed by atoms with Gasteiger partial charge in [-0.2, -0.15) is 5.10 Å². The van der Waals surface area contributed by atoms with Crippen molar-refractivity contribution in [3.05, 3.63) is 61.1 Å². The van der Waals surface area contributed by atoms with Gasteiger partial charge in [0.1, 0.15) is 23.6 Å². The van der Waals surface area contributed by atoms with Crippen molar-refractivity contribution < 1.29 is 9.47 Å². The number of hydrogen-bond acceptors (Lipinski definition) is 6. The van der Waals surface area contributed by atoms with E-state index in [1.54, 1.807) is 18.0 Å². The molecule has 0 saturated heterocycles. The van der Waals surface area contributed by atoms with Crippen LogP contribution in [0.5, 0.6) is 11.5 Å². The number of hydrogen-bond donors (Lipinski definition) is 1. The van der Waals surface area contributed by atoms with Crippen LogP contribution < -0.4 is 14.8 Å². The molecule has 0 fully saturated rings. The maximum absolute atomic E-state index is 5.47. The first-order chi connectivity index (χ1) is 13.3. The highest BCUT2D eigenvalue weighted by molar-refractivity contribution is 5.89. The van der Waals surface area contributed by atoms with Crippen LogP contribution in [0.2, 0.25) is 0 Å². The molecule has 0 atom stereocenters. The van der Waals surface area contributed by atoms with Gasteiger partial charge in [-0.05, 0) is 55.5 Å². The van der Waals surface area contributed by atoms with Gasteiger partial charge in [0.2, 0.25) is 0 Å². The number of nitrogens with zero attached hydrogens (tertiary/aromatic N) is 4. The minimum atomic E-state index is 0.643. The first kappa shape index (κ1) is 16.8. The summed E-state index contributed by atoms with van der Waals surface area (Å²) in [5, 5.41) is 8.63. The Labute approximate surface area is 156 Å². The van der Waals surface area contributed by atoms with Gasteiger partial charge in [-0.25, -0.2) is 14.6 Å². The smallest absolute Gasteiger partial charge is 0.168 e. The van der Waals surface area contributed by atoms with Gasteiger partial charge in [0.05, 0.1) is 31.0 Å². The molecule has 0 saturated carbocycles. The molecule has 136 valence electrons. The van der Waals surface area contributed by atoms with Crippen molar-refractivity contribution >= 4 is 22.5 Å². The molecular weight excluding hydrogens is 342 g/mol. The van der Waals surface area contributed by atoms with Crippen molar-refractivity contribution in [2.45, 2.75) is 6.92 Å². The molecule has 7 heteroatoms. The highest BCUT2D eigenvalue weighted by Crippen LogP contribution is 2.26. The van der Waals surface area contributed by atoms with Crippen LogP contribution in [-0.4, -0.2) is 33.5 Å². The quantitative estimate of drug-likeness (QED) is 0.560. The molecule has 1 N–H and O–H groups in total. The summed E-state index contributed by atoms with van der Waals surface area (Å²) in [6.45, 7) is 2.61. The highest BCUT2D eigenvalue weighted by Gasteiger charge is 2.11. The van der Waals surface area contributed by atoms with Crippen LogP contribution >= 0.6 is 0 Å². The molecule has 2 aromatic heterocycles. The van der Waals surface area contributed by atoms with E-state index in [1.165, 1.54) is 6.33 Å². The monoisotopic (exact) mass is 361 g/mol. The molecule has 0 radical (unpaired) electrons. The predicted octanol–water partition coefficient (Wildman–Crippen LogP) is 3.97. The van der Waals surface area contributed by atoms with E-state index < -0.39 is 0 Å². The zero-order chi connectivity index (χ0) is 18.6. The number of ether oxygens (including phenoxy) is 2. The zero-order valence-electron chi connectivity index (χ0n) is 15.1. The van der Waals surface area contributed by atoms with Gasteiger partial charge in [0.25, 0.3) is 0 Å². The van der Waals surface area contributed by atoms with Gasteiger partial charge >= 0.3 is 0 Å². The molecule has 2 aromatic carbocycles. The summed E-state index contributed by atoms with van der Waals surface area (Å²) in [5.74, 6) is 2.33. The van der Waals surface area contributed by atoms with Crippen molar-refractivity contribution in [2.24, 2.45) is 0 Å². The SMILES string of the molecule is CCOc1ccc(Nc2ncnc3c2cnn3-c2ccc(OC)cc2)cc1. The summed E-state index contributed by atoms with van der Waals surface area (Å²) in [6.07, 6.45) is 3.29. The second kappa shape index (κ2) is 7.33. The predicted molar refractivity (Wildman–Crippen MR) is 104 cm³/mol. The van der Waals surface area contributed by atoms with Gasteiger partial charge in [-0.1, -0.05) is 0 Å². The minimum absolute atomic E-state index is 0.643. The average Bonchev–Trinajstić information content (AvgIpc) is 3.15. The zero-order valence-corrected chi connectivity index (χ0v) is 15.1. The Morgan fingerprint density at radius 3 is 2.41 bits per heavy atom. The maximum Gasteiger partial charge on any atom is 0.168 e. The summed E-state index contributed by atoms with van der Waals surface area (Å²) in [5.41, 5.74) is 2.54. The molecule has 27 heavy (non-hydrogen) atoms. The van der Waals surface area contributed by atoms with Crippen molar-refractivity contribution in [2.75, 3.05) is 19.0 Å². The van der Waals surface area contributed by atoms with E-state index in [2.05, 4.69) is 20.4 Å². The Morgan fingerprint density at radius 2 is 1.70 bits per heavy atom. The van der Waals surface area contributed by atoms with E-state index >= 15 is 0 Å². The number of aromatic nitrogens is 4. The number of rotatable bonds is 6. The van der Waals surface area contributed by atoms with Gasteiger partial charge in [0, 0.05) is 5.69 Å².